The molecule has 0 atom stereocenters. The molecule has 0 saturated carbocycles. The Labute approximate surface area is 167 Å². The van der Waals surface area contributed by atoms with Gasteiger partial charge < -0.3 is 41.6 Å². The Hall–Kier alpha value is 1.41. The van der Waals surface area contributed by atoms with E-state index in [1.54, 1.807) is 0 Å². The van der Waals surface area contributed by atoms with Crippen LogP contribution in [0.1, 0.15) is 90.9 Å². The number of hydrogen-bond acceptors (Lipinski definition) is 5. The summed E-state index contributed by atoms with van der Waals surface area (Å²) in [5, 5.41) is 0. The molecular weight excluding hydrogens is 431 g/mol. The Morgan fingerprint density at radius 2 is 1.04 bits per heavy atom. The van der Waals surface area contributed by atoms with Crippen molar-refractivity contribution in [1.82, 2.24) is 0 Å². The molecule has 0 aliphatic rings. The van der Waals surface area contributed by atoms with Crippen LogP contribution in [-0.2, 0) is 47.2 Å². The maximum atomic E-state index is 9.29. The normalized spacial score (nSPS) is 9.52. The predicted molar refractivity (Wildman–Crippen MR) is 99.8 cm³/mol. The van der Waals surface area contributed by atoms with Gasteiger partial charge in [0.25, 0.3) is 0 Å². The van der Waals surface area contributed by atoms with Crippen LogP contribution in [0.15, 0.2) is 0 Å². The van der Waals surface area contributed by atoms with Crippen LogP contribution in [0.3, 0.4) is 0 Å². The van der Waals surface area contributed by atoms with Crippen molar-refractivity contribution in [2.24, 2.45) is 0 Å². The van der Waals surface area contributed by atoms with Crippen molar-refractivity contribution in [3.8, 4) is 0 Å². The Morgan fingerprint density at radius 3 is 1.22 bits per heavy atom. The summed E-state index contributed by atoms with van der Waals surface area (Å²) in [6.07, 6.45) is 16.0. The minimum atomic E-state index is -3.72. The topological polar surface area (TPSA) is 63.2 Å². The van der Waals surface area contributed by atoms with E-state index in [-0.39, 0.29) is 0 Å². The SMILES string of the molecule is [CH2-]CCCCCCC.[CH2-]CCCCCCC.[O-]P([O-])(=S)[S-].[O]=[Mo]. The molecule has 0 aliphatic heterocycles. The molecule has 0 N–H and O–H groups in total. The van der Waals surface area contributed by atoms with Crippen LogP contribution in [0.25, 0.3) is 0 Å². The van der Waals surface area contributed by atoms with Crippen LogP contribution in [0, 0.1) is 13.8 Å². The summed E-state index contributed by atoms with van der Waals surface area (Å²) in [4.78, 5) is 18.6. The molecule has 0 aromatic heterocycles. The first-order valence-corrected chi connectivity index (χ1v) is 12.8. The quantitative estimate of drug-likeness (QED) is 0.154. The zero-order valence-corrected chi connectivity index (χ0v) is 19.3. The number of hydrogen-bond donors (Lipinski definition) is 0. The van der Waals surface area contributed by atoms with E-state index in [1.807, 2.05) is 0 Å². The van der Waals surface area contributed by atoms with Crippen LogP contribution in [0.2, 0.25) is 0 Å². The fourth-order valence-electron chi connectivity index (χ4n) is 1.56. The van der Waals surface area contributed by atoms with E-state index in [1.165, 1.54) is 64.2 Å². The Bertz CT molecular complexity index is 197. The standard InChI is InChI=1S/2C8H17.Mo.H3O2PS2.O/c2*1-3-5-7-8-6-4-2;;1-3(2,4)5;/h2*1,3-8H2,2H3;;(H3,1,2,4,5);/q2*-1;;;/p-3. The molecule has 0 rings (SSSR count). The number of unbranched alkanes of at least 4 members (excludes halogenated alkanes) is 10. The van der Waals surface area contributed by atoms with Gasteiger partial charge in [-0.15, -0.1) is 0 Å². The Morgan fingerprint density at radius 1 is 0.826 bits per heavy atom. The van der Waals surface area contributed by atoms with Gasteiger partial charge in [-0.3, -0.25) is 0 Å². The second-order valence-electron chi connectivity index (χ2n) is 4.98. The van der Waals surface area contributed by atoms with Crippen LogP contribution in [0.4, 0.5) is 0 Å². The predicted octanol–water partition coefficient (Wildman–Crippen LogP) is 4.72. The first-order chi connectivity index (χ1) is 10.8. The van der Waals surface area contributed by atoms with E-state index in [2.05, 4.69) is 51.8 Å². The molecule has 0 aliphatic carbocycles. The Balaban J connectivity index is -0.000000114. The van der Waals surface area contributed by atoms with Crippen molar-refractivity contribution in [3.05, 3.63) is 13.8 Å². The van der Waals surface area contributed by atoms with Crippen LogP contribution in [0.5, 0.6) is 0 Å². The van der Waals surface area contributed by atoms with Crippen molar-refractivity contribution in [2.45, 2.75) is 90.9 Å². The first kappa shape index (κ1) is 32.1. The van der Waals surface area contributed by atoms with Gasteiger partial charge in [-0.2, -0.15) is 24.6 Å². The van der Waals surface area contributed by atoms with E-state index in [0.717, 1.165) is 12.8 Å². The molecule has 144 valence electrons. The summed E-state index contributed by atoms with van der Waals surface area (Å²) >= 11 is 7.98. The third kappa shape index (κ3) is 82.4. The summed E-state index contributed by atoms with van der Waals surface area (Å²) in [7, 11) is 0. The monoisotopic (exact) mass is 467 g/mol. The molecule has 3 nitrogen and oxygen atoms in total. The van der Waals surface area contributed by atoms with Gasteiger partial charge >= 0.3 is 23.2 Å². The van der Waals surface area contributed by atoms with E-state index in [4.69, 9.17) is 3.40 Å². The summed E-state index contributed by atoms with van der Waals surface area (Å²) in [5.41, 5.74) is -3.72. The van der Waals surface area contributed by atoms with Crippen LogP contribution < -0.4 is 9.79 Å². The second-order valence-corrected chi connectivity index (χ2v) is 9.45. The molecule has 0 amide bonds. The number of rotatable bonds is 10. The second kappa shape index (κ2) is 31.2. The van der Waals surface area contributed by atoms with Gasteiger partial charge in [-0.05, 0) is 0 Å². The first-order valence-electron chi connectivity index (χ1n) is 8.31. The maximum absolute atomic E-state index is 9.29. The zero-order valence-electron chi connectivity index (χ0n) is 14.8. The van der Waals surface area contributed by atoms with Crippen molar-refractivity contribution >= 4 is 29.7 Å². The van der Waals surface area contributed by atoms with E-state index >= 15 is 0 Å². The summed E-state index contributed by atoms with van der Waals surface area (Å²) in [6.45, 7) is 12.0. The molecule has 0 heterocycles. The molecule has 0 saturated heterocycles. The fraction of sp³-hybridized carbons (Fsp3) is 0.875. The van der Waals surface area contributed by atoms with E-state index in [9.17, 15) is 9.79 Å². The van der Waals surface area contributed by atoms with Crippen LogP contribution >= 0.6 is 5.69 Å². The van der Waals surface area contributed by atoms with Crippen molar-refractivity contribution in [2.75, 3.05) is 0 Å². The Kier molecular flexibility index (Phi) is 43.6. The molecule has 23 heavy (non-hydrogen) atoms. The fourth-order valence-corrected chi connectivity index (χ4v) is 1.56. The third-order valence-electron chi connectivity index (χ3n) is 2.71. The van der Waals surface area contributed by atoms with Gasteiger partial charge in [-0.1, -0.05) is 78.1 Å². The van der Waals surface area contributed by atoms with Gasteiger partial charge in [0.05, 0.1) is 0 Å². The van der Waals surface area contributed by atoms with Crippen molar-refractivity contribution in [3.63, 3.8) is 0 Å². The van der Waals surface area contributed by atoms with E-state index < -0.39 is 5.69 Å². The molecule has 0 fully saturated rings. The molecule has 0 unspecified atom stereocenters. The molecule has 0 aromatic carbocycles. The molecule has 0 radical (unpaired) electrons. The molecule has 0 bridgehead atoms. The molecular formula is C16H34MoO3PS2-5. The minimum absolute atomic E-state index is 0.700. The summed E-state index contributed by atoms with van der Waals surface area (Å²) in [5.74, 6) is 0. The van der Waals surface area contributed by atoms with E-state index in [0.29, 0.717) is 19.8 Å². The van der Waals surface area contributed by atoms with Gasteiger partial charge in [0.1, 0.15) is 0 Å². The van der Waals surface area contributed by atoms with Crippen molar-refractivity contribution < 1.29 is 33.0 Å². The average molecular weight is 465 g/mol. The van der Waals surface area contributed by atoms with Gasteiger partial charge in [0.15, 0.2) is 0 Å². The van der Waals surface area contributed by atoms with Crippen LogP contribution in [-0.4, -0.2) is 0 Å². The van der Waals surface area contributed by atoms with Gasteiger partial charge in [0.2, 0.25) is 0 Å². The van der Waals surface area contributed by atoms with Crippen molar-refractivity contribution in [1.29, 1.82) is 0 Å². The summed E-state index contributed by atoms with van der Waals surface area (Å²) in [6, 6.07) is 0. The molecule has 0 aromatic rings. The average Bonchev–Trinajstić information content (AvgIpc) is 2.49. The van der Waals surface area contributed by atoms with Gasteiger partial charge in [-0.25, -0.2) is 0 Å². The summed E-state index contributed by atoms with van der Waals surface area (Å²) < 4.78 is 8.26. The third-order valence-corrected chi connectivity index (χ3v) is 2.71. The van der Waals surface area contributed by atoms with Gasteiger partial charge in [0, 0.05) is 0 Å². The molecule has 7 heteroatoms. The zero-order chi connectivity index (χ0) is 19.0. The molecule has 0 spiro atoms.